The van der Waals surface area contributed by atoms with Gasteiger partial charge in [0.25, 0.3) is 5.69 Å². The van der Waals surface area contributed by atoms with Crippen molar-refractivity contribution in [2.45, 2.75) is 13.0 Å². The van der Waals surface area contributed by atoms with E-state index in [4.69, 9.17) is 10.4 Å². The number of benzene rings is 1. The van der Waals surface area contributed by atoms with Crippen LogP contribution in [0, 0.1) is 28.4 Å². The number of aryl methyl sites for hydroxylation is 1. The van der Waals surface area contributed by atoms with E-state index in [2.05, 4.69) is 0 Å². The predicted octanol–water partition coefficient (Wildman–Crippen LogP) is 0.893. The number of rotatable bonds is 3. The van der Waals surface area contributed by atoms with Crippen LogP contribution >= 0.6 is 0 Å². The van der Waals surface area contributed by atoms with E-state index in [0.29, 0.717) is 5.56 Å². The first-order chi connectivity index (χ1) is 7.88. The van der Waals surface area contributed by atoms with Gasteiger partial charge in [0.05, 0.1) is 22.1 Å². The van der Waals surface area contributed by atoms with Crippen molar-refractivity contribution in [3.8, 4) is 6.07 Å². The van der Waals surface area contributed by atoms with Gasteiger partial charge in [-0.05, 0) is 18.6 Å². The fourth-order valence-corrected chi connectivity index (χ4v) is 1.34. The average molecular weight is 236 g/mol. The molecule has 0 heterocycles. The van der Waals surface area contributed by atoms with Crippen LogP contribution in [-0.4, -0.2) is 21.1 Å². The van der Waals surface area contributed by atoms with Crippen LogP contribution in [0.2, 0.25) is 0 Å². The third-order valence-corrected chi connectivity index (χ3v) is 2.22. The third kappa shape index (κ3) is 2.38. The van der Waals surface area contributed by atoms with Crippen LogP contribution in [0.5, 0.6) is 0 Å². The molecule has 0 fully saturated rings. The molecule has 17 heavy (non-hydrogen) atoms. The maximum Gasteiger partial charge on any atom is 0.337 e. The molecule has 0 bridgehead atoms. The van der Waals surface area contributed by atoms with E-state index >= 15 is 0 Å². The summed E-state index contributed by atoms with van der Waals surface area (Å²) in [5, 5.41) is 37.4. The van der Waals surface area contributed by atoms with Crippen LogP contribution in [0.15, 0.2) is 12.1 Å². The van der Waals surface area contributed by atoms with Crippen molar-refractivity contribution in [2.75, 3.05) is 0 Å². The Morgan fingerprint density at radius 1 is 1.59 bits per heavy atom. The Morgan fingerprint density at radius 3 is 2.59 bits per heavy atom. The van der Waals surface area contributed by atoms with Gasteiger partial charge < -0.3 is 10.2 Å². The second-order valence-electron chi connectivity index (χ2n) is 3.34. The molecule has 88 valence electrons. The van der Waals surface area contributed by atoms with Gasteiger partial charge in [0, 0.05) is 6.07 Å². The summed E-state index contributed by atoms with van der Waals surface area (Å²) >= 11 is 0. The molecule has 0 aliphatic heterocycles. The third-order valence-electron chi connectivity index (χ3n) is 2.22. The Labute approximate surface area is 95.7 Å². The number of aliphatic carboxylic acids is 1. The fraction of sp³-hybridized carbons (Fsp3) is 0.200. The number of hydrogen-bond donors (Lipinski definition) is 2. The lowest BCUT2D eigenvalue weighted by atomic mass is 10.00. The summed E-state index contributed by atoms with van der Waals surface area (Å²) in [4.78, 5) is 20.5. The molecule has 0 amide bonds. The number of nitrogens with zero attached hydrogens (tertiary/aromatic N) is 2. The smallest absolute Gasteiger partial charge is 0.337 e. The quantitative estimate of drug-likeness (QED) is 0.593. The average Bonchev–Trinajstić information content (AvgIpc) is 2.27. The summed E-state index contributed by atoms with van der Waals surface area (Å²) in [6.45, 7) is 1.49. The Hall–Kier alpha value is -2.46. The fourth-order valence-electron chi connectivity index (χ4n) is 1.34. The van der Waals surface area contributed by atoms with Crippen molar-refractivity contribution in [1.29, 1.82) is 5.26 Å². The van der Waals surface area contributed by atoms with Crippen LogP contribution in [0.3, 0.4) is 0 Å². The van der Waals surface area contributed by atoms with Gasteiger partial charge in [-0.1, -0.05) is 0 Å². The lowest BCUT2D eigenvalue weighted by Crippen LogP contribution is -2.13. The summed E-state index contributed by atoms with van der Waals surface area (Å²) in [7, 11) is 0. The van der Waals surface area contributed by atoms with Gasteiger partial charge >= 0.3 is 5.97 Å². The number of aliphatic hydroxyl groups is 1. The van der Waals surface area contributed by atoms with Crippen LogP contribution in [0.1, 0.15) is 22.8 Å². The van der Waals surface area contributed by atoms with Crippen molar-refractivity contribution in [3.05, 3.63) is 38.9 Å². The molecule has 0 saturated carbocycles. The highest BCUT2D eigenvalue weighted by atomic mass is 16.6. The van der Waals surface area contributed by atoms with E-state index in [0.717, 1.165) is 12.1 Å². The van der Waals surface area contributed by atoms with Gasteiger partial charge in [0.1, 0.15) is 0 Å². The Balaban J connectivity index is 3.50. The Bertz CT molecular complexity index is 532. The first-order valence-corrected chi connectivity index (χ1v) is 4.48. The molecule has 2 N–H and O–H groups in total. The molecule has 0 spiro atoms. The number of nitriles is 1. The molecule has 1 rings (SSSR count). The summed E-state index contributed by atoms with van der Waals surface area (Å²) in [6, 6.07) is 3.86. The standard InChI is InChI=1S/C10H8N2O5/c1-5-2-8(12(16)17)7(3-6(5)4-11)9(13)10(14)15/h2-3,9,13H,1H3,(H,14,15). The molecule has 7 heteroatoms. The van der Waals surface area contributed by atoms with Crippen LogP contribution in [0.25, 0.3) is 0 Å². The molecule has 7 nitrogen and oxygen atoms in total. The van der Waals surface area contributed by atoms with E-state index in [-0.39, 0.29) is 5.56 Å². The minimum absolute atomic E-state index is 0.0888. The molecule has 1 aromatic rings. The SMILES string of the molecule is Cc1cc([N+](=O)[O-])c(C(O)C(=O)O)cc1C#N. The lowest BCUT2D eigenvalue weighted by molar-refractivity contribution is -0.386. The Morgan fingerprint density at radius 2 is 2.18 bits per heavy atom. The topological polar surface area (TPSA) is 124 Å². The zero-order valence-electron chi connectivity index (χ0n) is 8.75. The number of carbonyl (C=O) groups is 1. The zero-order valence-corrected chi connectivity index (χ0v) is 8.75. The number of hydrogen-bond acceptors (Lipinski definition) is 5. The molecule has 0 aliphatic carbocycles. The van der Waals surface area contributed by atoms with E-state index in [1.807, 2.05) is 0 Å². The van der Waals surface area contributed by atoms with E-state index < -0.39 is 28.2 Å². The number of carboxylic acids is 1. The van der Waals surface area contributed by atoms with Crippen LogP contribution in [0.4, 0.5) is 5.69 Å². The van der Waals surface area contributed by atoms with Crippen molar-refractivity contribution in [3.63, 3.8) is 0 Å². The van der Waals surface area contributed by atoms with Gasteiger partial charge in [-0.3, -0.25) is 10.1 Å². The molecule has 0 aliphatic rings. The largest absolute Gasteiger partial charge is 0.479 e. The van der Waals surface area contributed by atoms with Crippen molar-refractivity contribution in [2.24, 2.45) is 0 Å². The van der Waals surface area contributed by atoms with Crippen molar-refractivity contribution >= 4 is 11.7 Å². The van der Waals surface area contributed by atoms with E-state index in [9.17, 15) is 20.0 Å². The van der Waals surface area contributed by atoms with Crippen LogP contribution in [-0.2, 0) is 4.79 Å². The zero-order chi connectivity index (χ0) is 13.2. The van der Waals surface area contributed by atoms with E-state index in [1.54, 1.807) is 6.07 Å². The highest BCUT2D eigenvalue weighted by Gasteiger charge is 2.27. The summed E-state index contributed by atoms with van der Waals surface area (Å²) in [6.07, 6.45) is -2.02. The van der Waals surface area contributed by atoms with Crippen molar-refractivity contribution < 1.29 is 19.9 Å². The molecular formula is C10H8N2O5. The van der Waals surface area contributed by atoms with Gasteiger partial charge in [-0.15, -0.1) is 0 Å². The second-order valence-corrected chi connectivity index (χ2v) is 3.34. The minimum atomic E-state index is -2.02. The lowest BCUT2D eigenvalue weighted by Gasteiger charge is -2.08. The van der Waals surface area contributed by atoms with Crippen molar-refractivity contribution in [1.82, 2.24) is 0 Å². The summed E-state index contributed by atoms with van der Waals surface area (Å²) < 4.78 is 0. The van der Waals surface area contributed by atoms with Gasteiger partial charge in [0.15, 0.2) is 6.10 Å². The molecule has 0 radical (unpaired) electrons. The van der Waals surface area contributed by atoms with Gasteiger partial charge in [0.2, 0.25) is 0 Å². The number of nitro benzene ring substituents is 1. The normalized spacial score (nSPS) is 11.6. The highest BCUT2D eigenvalue weighted by molar-refractivity contribution is 5.76. The Kier molecular flexibility index (Phi) is 3.40. The first kappa shape index (κ1) is 12.6. The number of nitro groups is 1. The summed E-state index contributed by atoms with van der Waals surface area (Å²) in [5.41, 5.74) is -0.479. The van der Waals surface area contributed by atoms with Crippen LogP contribution < -0.4 is 0 Å². The second kappa shape index (κ2) is 4.59. The van der Waals surface area contributed by atoms with Gasteiger partial charge in [-0.25, -0.2) is 4.79 Å². The first-order valence-electron chi connectivity index (χ1n) is 4.48. The van der Waals surface area contributed by atoms with Gasteiger partial charge in [-0.2, -0.15) is 5.26 Å². The number of carboxylic acid groups (broad SMARTS) is 1. The number of aliphatic hydroxyl groups excluding tert-OH is 1. The summed E-state index contributed by atoms with van der Waals surface area (Å²) in [5.74, 6) is -1.61. The molecule has 0 saturated heterocycles. The molecular weight excluding hydrogens is 228 g/mol. The monoisotopic (exact) mass is 236 g/mol. The molecule has 1 atom stereocenters. The molecule has 1 aromatic carbocycles. The van der Waals surface area contributed by atoms with E-state index in [1.165, 1.54) is 6.92 Å². The molecule has 1 unspecified atom stereocenters. The maximum absolute atomic E-state index is 10.7. The maximum atomic E-state index is 10.7. The predicted molar refractivity (Wildman–Crippen MR) is 55.1 cm³/mol. The highest BCUT2D eigenvalue weighted by Crippen LogP contribution is 2.28. The molecule has 0 aromatic heterocycles. The minimum Gasteiger partial charge on any atom is -0.479 e.